The van der Waals surface area contributed by atoms with Crippen molar-refractivity contribution in [3.05, 3.63) is 24.4 Å². The van der Waals surface area contributed by atoms with E-state index in [9.17, 15) is 0 Å². The Morgan fingerprint density at radius 3 is 3.12 bits per heavy atom. The van der Waals surface area contributed by atoms with Gasteiger partial charge in [0.05, 0.1) is 17.9 Å². The van der Waals surface area contributed by atoms with E-state index >= 15 is 0 Å². The van der Waals surface area contributed by atoms with E-state index in [1.807, 2.05) is 6.07 Å². The minimum atomic E-state index is 0.234. The molecule has 1 N–H and O–H groups in total. The molecule has 0 aliphatic carbocycles. The summed E-state index contributed by atoms with van der Waals surface area (Å²) < 4.78 is 10.2. The van der Waals surface area contributed by atoms with Crippen LogP contribution in [0.25, 0.3) is 11.5 Å². The lowest BCUT2D eigenvalue weighted by Gasteiger charge is -2.19. The Morgan fingerprint density at radius 1 is 1.38 bits per heavy atom. The standard InChI is InChI=1S/C11H13N3O2/c1-2-5-12-9(3-1)10-13-11(16-14-10)8-4-6-15-7-8/h4,6-7,9,12H,1-3,5H2. The molecule has 0 amide bonds. The number of rotatable bonds is 2. The second-order valence-electron chi connectivity index (χ2n) is 3.97. The first-order chi connectivity index (χ1) is 7.93. The Kier molecular flexibility index (Phi) is 2.46. The number of nitrogens with one attached hydrogen (secondary N) is 1. The van der Waals surface area contributed by atoms with Crippen LogP contribution in [-0.4, -0.2) is 16.7 Å². The molecule has 1 atom stereocenters. The first kappa shape index (κ1) is 9.59. The molecule has 5 heteroatoms. The summed E-state index contributed by atoms with van der Waals surface area (Å²) in [5.74, 6) is 1.27. The van der Waals surface area contributed by atoms with Crippen molar-refractivity contribution in [1.29, 1.82) is 0 Å². The van der Waals surface area contributed by atoms with E-state index in [4.69, 9.17) is 8.94 Å². The van der Waals surface area contributed by atoms with Gasteiger partial charge < -0.3 is 14.3 Å². The number of furan rings is 1. The molecule has 16 heavy (non-hydrogen) atoms. The molecule has 1 aliphatic rings. The number of piperidine rings is 1. The monoisotopic (exact) mass is 219 g/mol. The van der Waals surface area contributed by atoms with Gasteiger partial charge in [-0.05, 0) is 25.5 Å². The lowest BCUT2D eigenvalue weighted by atomic mass is 10.0. The van der Waals surface area contributed by atoms with Crippen molar-refractivity contribution < 1.29 is 8.94 Å². The van der Waals surface area contributed by atoms with Crippen LogP contribution in [0.15, 0.2) is 27.5 Å². The minimum absolute atomic E-state index is 0.234. The summed E-state index contributed by atoms with van der Waals surface area (Å²) in [6.07, 6.45) is 6.71. The van der Waals surface area contributed by atoms with Gasteiger partial charge in [-0.15, -0.1) is 0 Å². The van der Waals surface area contributed by atoms with Crippen LogP contribution in [0, 0.1) is 0 Å². The maximum absolute atomic E-state index is 5.20. The van der Waals surface area contributed by atoms with Crippen LogP contribution in [0.4, 0.5) is 0 Å². The van der Waals surface area contributed by atoms with E-state index < -0.39 is 0 Å². The van der Waals surface area contributed by atoms with Gasteiger partial charge in [0.1, 0.15) is 6.26 Å². The predicted octanol–water partition coefficient (Wildman–Crippen LogP) is 2.14. The molecule has 3 rings (SSSR count). The summed E-state index contributed by atoms with van der Waals surface area (Å²) in [7, 11) is 0. The van der Waals surface area contributed by atoms with Crippen molar-refractivity contribution in [2.45, 2.75) is 25.3 Å². The largest absolute Gasteiger partial charge is 0.472 e. The molecule has 2 aromatic rings. The number of hydrogen-bond donors (Lipinski definition) is 1. The lowest BCUT2D eigenvalue weighted by molar-refractivity contribution is 0.367. The molecule has 0 aromatic carbocycles. The van der Waals surface area contributed by atoms with E-state index in [1.54, 1.807) is 12.5 Å². The van der Waals surface area contributed by atoms with Gasteiger partial charge >= 0.3 is 0 Å². The molecular formula is C11H13N3O2. The van der Waals surface area contributed by atoms with Gasteiger partial charge in [0.15, 0.2) is 5.82 Å². The molecule has 1 unspecified atom stereocenters. The summed E-state index contributed by atoms with van der Waals surface area (Å²) in [5, 5.41) is 7.39. The molecule has 5 nitrogen and oxygen atoms in total. The van der Waals surface area contributed by atoms with Crippen LogP contribution in [0.2, 0.25) is 0 Å². The highest BCUT2D eigenvalue weighted by Crippen LogP contribution is 2.23. The Hall–Kier alpha value is -1.62. The third-order valence-electron chi connectivity index (χ3n) is 2.83. The fourth-order valence-corrected chi connectivity index (χ4v) is 1.95. The maximum Gasteiger partial charge on any atom is 0.261 e. The average molecular weight is 219 g/mol. The third-order valence-corrected chi connectivity index (χ3v) is 2.83. The van der Waals surface area contributed by atoms with Crippen molar-refractivity contribution in [3.63, 3.8) is 0 Å². The zero-order valence-electron chi connectivity index (χ0n) is 8.85. The van der Waals surface area contributed by atoms with E-state index in [1.165, 1.54) is 12.8 Å². The number of hydrogen-bond acceptors (Lipinski definition) is 5. The first-order valence-electron chi connectivity index (χ1n) is 5.53. The highest BCUT2D eigenvalue weighted by atomic mass is 16.5. The molecule has 84 valence electrons. The van der Waals surface area contributed by atoms with Crippen LogP contribution in [0.5, 0.6) is 0 Å². The summed E-state index contributed by atoms with van der Waals surface area (Å²) >= 11 is 0. The first-order valence-corrected chi connectivity index (χ1v) is 5.53. The van der Waals surface area contributed by atoms with Gasteiger partial charge in [0.25, 0.3) is 5.89 Å². The molecule has 1 saturated heterocycles. The van der Waals surface area contributed by atoms with Gasteiger partial charge in [0.2, 0.25) is 0 Å². The van der Waals surface area contributed by atoms with E-state index in [0.717, 1.165) is 24.4 Å². The summed E-state index contributed by atoms with van der Waals surface area (Å²) in [4.78, 5) is 4.38. The zero-order valence-corrected chi connectivity index (χ0v) is 8.85. The zero-order chi connectivity index (χ0) is 10.8. The maximum atomic E-state index is 5.20. The second-order valence-corrected chi connectivity index (χ2v) is 3.97. The topological polar surface area (TPSA) is 64.1 Å². The Balaban J connectivity index is 1.82. The molecule has 1 fully saturated rings. The third kappa shape index (κ3) is 1.74. The van der Waals surface area contributed by atoms with Crippen molar-refractivity contribution in [3.8, 4) is 11.5 Å². The number of aromatic nitrogens is 2. The molecule has 0 radical (unpaired) electrons. The lowest BCUT2D eigenvalue weighted by Crippen LogP contribution is -2.27. The SMILES string of the molecule is c1cc(-c2nc(C3CCCCN3)no2)co1. The Labute approximate surface area is 92.8 Å². The summed E-state index contributed by atoms with van der Waals surface area (Å²) in [6.45, 7) is 1.03. The Bertz CT molecular complexity index is 444. The van der Waals surface area contributed by atoms with Gasteiger partial charge in [-0.25, -0.2) is 0 Å². The molecule has 0 spiro atoms. The summed E-state index contributed by atoms with van der Waals surface area (Å²) in [5.41, 5.74) is 0.828. The van der Waals surface area contributed by atoms with E-state index in [-0.39, 0.29) is 6.04 Å². The average Bonchev–Trinajstić information content (AvgIpc) is 3.01. The van der Waals surface area contributed by atoms with Crippen molar-refractivity contribution >= 4 is 0 Å². The minimum Gasteiger partial charge on any atom is -0.472 e. The van der Waals surface area contributed by atoms with Crippen molar-refractivity contribution in [1.82, 2.24) is 15.5 Å². The second kappa shape index (κ2) is 4.09. The molecule has 0 saturated carbocycles. The van der Waals surface area contributed by atoms with Crippen LogP contribution >= 0.6 is 0 Å². The molecule has 1 aliphatic heterocycles. The molecule has 2 aromatic heterocycles. The van der Waals surface area contributed by atoms with Crippen LogP contribution in [0.1, 0.15) is 31.1 Å². The van der Waals surface area contributed by atoms with Gasteiger partial charge in [-0.3, -0.25) is 0 Å². The van der Waals surface area contributed by atoms with Gasteiger partial charge in [-0.2, -0.15) is 4.98 Å². The summed E-state index contributed by atoms with van der Waals surface area (Å²) in [6, 6.07) is 2.05. The van der Waals surface area contributed by atoms with Crippen molar-refractivity contribution in [2.24, 2.45) is 0 Å². The number of nitrogens with zero attached hydrogens (tertiary/aromatic N) is 2. The fraction of sp³-hybridized carbons (Fsp3) is 0.455. The smallest absolute Gasteiger partial charge is 0.261 e. The van der Waals surface area contributed by atoms with Crippen molar-refractivity contribution in [2.75, 3.05) is 6.54 Å². The van der Waals surface area contributed by atoms with Crippen LogP contribution in [-0.2, 0) is 0 Å². The highest BCUT2D eigenvalue weighted by Gasteiger charge is 2.20. The van der Waals surface area contributed by atoms with E-state index in [2.05, 4.69) is 15.5 Å². The quantitative estimate of drug-likeness (QED) is 0.838. The highest BCUT2D eigenvalue weighted by molar-refractivity contribution is 5.49. The van der Waals surface area contributed by atoms with Crippen LogP contribution < -0.4 is 5.32 Å². The molecule has 3 heterocycles. The van der Waals surface area contributed by atoms with E-state index in [0.29, 0.717) is 5.89 Å². The van der Waals surface area contributed by atoms with Gasteiger partial charge in [-0.1, -0.05) is 11.6 Å². The normalized spacial score (nSPS) is 21.1. The Morgan fingerprint density at radius 2 is 2.38 bits per heavy atom. The molecule has 0 bridgehead atoms. The fourth-order valence-electron chi connectivity index (χ4n) is 1.95. The van der Waals surface area contributed by atoms with Gasteiger partial charge in [0, 0.05) is 0 Å². The molecular weight excluding hydrogens is 206 g/mol. The predicted molar refractivity (Wildman–Crippen MR) is 56.6 cm³/mol. The van der Waals surface area contributed by atoms with Crippen LogP contribution in [0.3, 0.4) is 0 Å².